The first-order valence-corrected chi connectivity index (χ1v) is 11.4. The summed E-state index contributed by atoms with van der Waals surface area (Å²) in [5.41, 5.74) is 2.31. The zero-order chi connectivity index (χ0) is 24.3. The molecule has 2 nitrogen and oxygen atoms in total. The lowest BCUT2D eigenvalue weighted by Gasteiger charge is -2.28. The fourth-order valence-electron chi connectivity index (χ4n) is 4.53. The average Bonchev–Trinajstić information content (AvgIpc) is 2.83. The molecule has 34 heavy (non-hydrogen) atoms. The molecule has 0 N–H and O–H groups in total. The van der Waals surface area contributed by atoms with Crippen LogP contribution in [0, 0.1) is 17.6 Å². The second-order valence-corrected chi connectivity index (χ2v) is 8.77. The van der Waals surface area contributed by atoms with Gasteiger partial charge in [0.2, 0.25) is 0 Å². The summed E-state index contributed by atoms with van der Waals surface area (Å²) in [5.74, 6) is -0.717. The third-order valence-electron chi connectivity index (χ3n) is 6.57. The van der Waals surface area contributed by atoms with E-state index in [0.717, 1.165) is 29.2 Å². The monoisotopic (exact) mass is 472 g/mol. The molecule has 1 aliphatic carbocycles. The molecule has 0 unspecified atom stereocenters. The number of alkyl halides is 3. The van der Waals surface area contributed by atoms with Gasteiger partial charge < -0.3 is 0 Å². The number of hydrogen-bond donors (Lipinski definition) is 0. The smallest absolute Gasteiger partial charge is 0.236 e. The van der Waals surface area contributed by atoms with Gasteiger partial charge in [0.05, 0.1) is 0 Å². The summed E-state index contributed by atoms with van der Waals surface area (Å²) in [6.07, 6.45) is 4.87. The molecular formula is C27H25F5N2. The minimum atomic E-state index is -4.66. The normalized spacial score (nSPS) is 19.0. The van der Waals surface area contributed by atoms with Gasteiger partial charge >= 0.3 is 6.18 Å². The van der Waals surface area contributed by atoms with Crippen molar-refractivity contribution in [2.75, 3.05) is 0 Å². The van der Waals surface area contributed by atoms with E-state index >= 15 is 0 Å². The Kier molecular flexibility index (Phi) is 7.10. The molecule has 1 fully saturated rings. The van der Waals surface area contributed by atoms with Crippen LogP contribution in [0.5, 0.6) is 0 Å². The van der Waals surface area contributed by atoms with Gasteiger partial charge in [-0.25, -0.2) is 18.7 Å². The lowest BCUT2D eigenvalue weighted by atomic mass is 9.78. The number of rotatable bonds is 5. The van der Waals surface area contributed by atoms with Gasteiger partial charge in [0.1, 0.15) is 11.6 Å². The number of halogens is 5. The zero-order valence-corrected chi connectivity index (χ0v) is 18.7. The van der Waals surface area contributed by atoms with Crippen LogP contribution in [0.4, 0.5) is 22.0 Å². The lowest BCUT2D eigenvalue weighted by molar-refractivity contribution is -0.0790. The van der Waals surface area contributed by atoms with Crippen LogP contribution in [0.25, 0.3) is 28.6 Å². The van der Waals surface area contributed by atoms with Crippen molar-refractivity contribution in [3.63, 3.8) is 0 Å². The first-order valence-electron chi connectivity index (χ1n) is 11.4. The van der Waals surface area contributed by atoms with Crippen molar-refractivity contribution < 1.29 is 22.0 Å². The SMILES string of the molecule is CCC1CCC(c2ccc(-c3cnc(-c4cc(F)c(/C=C/C(F)(F)F)c(F)c4)nc3)cc2)CC1. The second kappa shape index (κ2) is 10.0. The van der Waals surface area contributed by atoms with E-state index in [4.69, 9.17) is 0 Å². The molecule has 0 bridgehead atoms. The van der Waals surface area contributed by atoms with Crippen molar-refractivity contribution >= 4 is 6.08 Å². The molecular weight excluding hydrogens is 447 g/mol. The third-order valence-corrected chi connectivity index (χ3v) is 6.57. The first kappa shape index (κ1) is 24.0. The number of hydrogen-bond acceptors (Lipinski definition) is 2. The van der Waals surface area contributed by atoms with E-state index < -0.39 is 23.4 Å². The van der Waals surface area contributed by atoms with Crippen LogP contribution in [-0.2, 0) is 0 Å². The molecule has 0 radical (unpaired) electrons. The molecule has 4 rings (SSSR count). The highest BCUT2D eigenvalue weighted by molar-refractivity contribution is 5.65. The molecule has 3 aromatic rings. The van der Waals surface area contributed by atoms with Gasteiger partial charge in [-0.3, -0.25) is 0 Å². The van der Waals surface area contributed by atoms with Gasteiger partial charge in [-0.1, -0.05) is 37.6 Å². The Hall–Kier alpha value is -3.09. The maximum Gasteiger partial charge on any atom is 0.409 e. The van der Waals surface area contributed by atoms with Crippen molar-refractivity contribution in [2.45, 2.75) is 51.1 Å². The van der Waals surface area contributed by atoms with Gasteiger partial charge in [0, 0.05) is 35.2 Å². The minimum Gasteiger partial charge on any atom is -0.236 e. The summed E-state index contributed by atoms with van der Waals surface area (Å²) in [4.78, 5) is 8.42. The Bertz CT molecular complexity index is 1120. The molecule has 7 heteroatoms. The number of allylic oxidation sites excluding steroid dienone is 1. The number of nitrogens with zero attached hydrogens (tertiary/aromatic N) is 2. The summed E-state index contributed by atoms with van der Waals surface area (Å²) in [6.45, 7) is 2.26. The van der Waals surface area contributed by atoms with E-state index in [-0.39, 0.29) is 17.5 Å². The maximum absolute atomic E-state index is 14.2. The molecule has 2 aromatic carbocycles. The van der Waals surface area contributed by atoms with Crippen LogP contribution in [0.2, 0.25) is 0 Å². The first-order chi connectivity index (χ1) is 16.2. The summed E-state index contributed by atoms with van der Waals surface area (Å²) in [7, 11) is 0. The van der Waals surface area contributed by atoms with Gasteiger partial charge in [-0.15, -0.1) is 0 Å². The molecule has 1 heterocycles. The molecule has 1 aliphatic rings. The highest BCUT2D eigenvalue weighted by atomic mass is 19.4. The van der Waals surface area contributed by atoms with Crippen LogP contribution in [0.3, 0.4) is 0 Å². The van der Waals surface area contributed by atoms with Crippen molar-refractivity contribution in [1.29, 1.82) is 0 Å². The van der Waals surface area contributed by atoms with Crippen molar-refractivity contribution in [2.24, 2.45) is 5.92 Å². The minimum absolute atomic E-state index is 0.0451. The highest BCUT2D eigenvalue weighted by Gasteiger charge is 2.23. The Morgan fingerprint density at radius 1 is 0.853 bits per heavy atom. The molecule has 0 spiro atoms. The fourth-order valence-corrected chi connectivity index (χ4v) is 4.53. The highest BCUT2D eigenvalue weighted by Crippen LogP contribution is 2.37. The lowest BCUT2D eigenvalue weighted by Crippen LogP contribution is -2.12. The van der Waals surface area contributed by atoms with Gasteiger partial charge in [-0.05, 0) is 66.9 Å². The van der Waals surface area contributed by atoms with E-state index in [1.807, 2.05) is 12.1 Å². The zero-order valence-electron chi connectivity index (χ0n) is 18.7. The topological polar surface area (TPSA) is 25.8 Å². The fraction of sp³-hybridized carbons (Fsp3) is 0.333. The number of benzene rings is 2. The summed E-state index contributed by atoms with van der Waals surface area (Å²) in [5, 5.41) is 0. The van der Waals surface area contributed by atoms with Crippen molar-refractivity contribution in [3.8, 4) is 22.5 Å². The van der Waals surface area contributed by atoms with Crippen LogP contribution in [0.15, 0.2) is 54.9 Å². The molecule has 0 amide bonds. The summed E-state index contributed by atoms with van der Waals surface area (Å²) < 4.78 is 65.4. The van der Waals surface area contributed by atoms with Gasteiger partial charge in [-0.2, -0.15) is 13.2 Å². The van der Waals surface area contributed by atoms with Crippen LogP contribution in [0.1, 0.15) is 56.1 Å². The Morgan fingerprint density at radius 3 is 1.97 bits per heavy atom. The Labute approximate surface area is 195 Å². The predicted molar refractivity (Wildman–Crippen MR) is 123 cm³/mol. The Balaban J connectivity index is 1.49. The average molecular weight is 473 g/mol. The van der Waals surface area contributed by atoms with E-state index in [2.05, 4.69) is 29.0 Å². The van der Waals surface area contributed by atoms with Gasteiger partial charge in [0.25, 0.3) is 0 Å². The molecule has 1 aromatic heterocycles. The van der Waals surface area contributed by atoms with Crippen molar-refractivity contribution in [3.05, 3.63) is 77.6 Å². The standard InChI is InChI=1S/C27H25F5N2/c1-2-17-3-5-18(6-4-17)19-7-9-20(10-8-19)22-15-33-26(34-16-22)21-13-24(28)23(25(29)14-21)11-12-27(30,31)32/h7-18H,2-6H2,1H3/b12-11+. The second-order valence-electron chi connectivity index (χ2n) is 8.77. The van der Waals surface area contributed by atoms with E-state index in [1.165, 1.54) is 37.7 Å². The Morgan fingerprint density at radius 2 is 1.44 bits per heavy atom. The largest absolute Gasteiger partial charge is 0.409 e. The molecule has 178 valence electrons. The summed E-state index contributed by atoms with van der Waals surface area (Å²) >= 11 is 0. The predicted octanol–water partition coefficient (Wildman–Crippen LogP) is 8.35. The van der Waals surface area contributed by atoms with E-state index in [9.17, 15) is 22.0 Å². The molecule has 1 saturated carbocycles. The third kappa shape index (κ3) is 5.69. The maximum atomic E-state index is 14.2. The van der Waals surface area contributed by atoms with Crippen LogP contribution in [-0.4, -0.2) is 16.1 Å². The molecule has 0 atom stereocenters. The number of aromatic nitrogens is 2. The van der Waals surface area contributed by atoms with Gasteiger partial charge in [0.15, 0.2) is 5.82 Å². The molecule has 0 saturated heterocycles. The quantitative estimate of drug-likeness (QED) is 0.349. The van der Waals surface area contributed by atoms with Crippen LogP contribution >= 0.6 is 0 Å². The molecule has 0 aliphatic heterocycles. The summed E-state index contributed by atoms with van der Waals surface area (Å²) in [6, 6.07) is 10.2. The van der Waals surface area contributed by atoms with E-state index in [0.29, 0.717) is 12.0 Å². The van der Waals surface area contributed by atoms with Crippen LogP contribution < -0.4 is 0 Å². The van der Waals surface area contributed by atoms with Crippen molar-refractivity contribution in [1.82, 2.24) is 9.97 Å². The van der Waals surface area contributed by atoms with E-state index in [1.54, 1.807) is 12.4 Å².